The van der Waals surface area contributed by atoms with Gasteiger partial charge < -0.3 is 15.0 Å². The monoisotopic (exact) mass is 333 g/mol. The number of hydrogen-bond acceptors (Lipinski definition) is 3. The van der Waals surface area contributed by atoms with Gasteiger partial charge in [-0.3, -0.25) is 9.78 Å². The van der Waals surface area contributed by atoms with Gasteiger partial charge in [0.2, 0.25) is 0 Å². The number of para-hydroxylation sites is 1. The molecule has 2 aliphatic heterocycles. The lowest BCUT2D eigenvalue weighted by molar-refractivity contribution is 0.0624. The number of carbonyl (C=O) groups is 1. The van der Waals surface area contributed by atoms with Crippen molar-refractivity contribution in [2.45, 2.75) is 31.9 Å². The minimum atomic E-state index is -0.632. The molecule has 3 aromatic rings. The Bertz CT molecular complexity index is 1010. The smallest absolute Gasteiger partial charge is 0.256 e. The van der Waals surface area contributed by atoms with E-state index in [1.165, 1.54) is 10.9 Å². The third-order valence-electron chi connectivity index (χ3n) is 5.59. The fourth-order valence-corrected chi connectivity index (χ4v) is 4.40. The molecular formula is C20H19N3O2. The standard InChI is InChI=1S/C20H19N3O2/c1-11(24)15-9-21-10-16-14(15)8-18-19-13(6-7-23(18)20(16)25)12-4-2-3-5-17(12)22-19/h2-5,9-11,18,22,24H,6-8H2,1H3. The zero-order valence-electron chi connectivity index (χ0n) is 14.0. The van der Waals surface area contributed by atoms with E-state index >= 15 is 0 Å². The van der Waals surface area contributed by atoms with Crippen LogP contribution in [0.2, 0.25) is 0 Å². The lowest BCUT2D eigenvalue weighted by Gasteiger charge is -2.40. The largest absolute Gasteiger partial charge is 0.389 e. The summed E-state index contributed by atoms with van der Waals surface area (Å²) >= 11 is 0. The number of aliphatic hydroxyl groups is 1. The first-order valence-electron chi connectivity index (χ1n) is 8.70. The van der Waals surface area contributed by atoms with E-state index in [1.807, 2.05) is 11.0 Å². The molecule has 0 spiro atoms. The number of aliphatic hydroxyl groups excluding tert-OH is 1. The Balaban J connectivity index is 1.69. The van der Waals surface area contributed by atoms with Crippen LogP contribution in [0.5, 0.6) is 0 Å². The molecule has 5 nitrogen and oxygen atoms in total. The molecule has 0 saturated heterocycles. The normalized spacial score (nSPS) is 20.2. The van der Waals surface area contributed by atoms with E-state index < -0.39 is 6.10 Å². The second-order valence-electron chi connectivity index (χ2n) is 6.96. The topological polar surface area (TPSA) is 69.2 Å². The molecule has 2 unspecified atom stereocenters. The highest BCUT2D eigenvalue weighted by atomic mass is 16.3. The second kappa shape index (κ2) is 5.17. The number of nitrogens with zero attached hydrogens (tertiary/aromatic N) is 2. The van der Waals surface area contributed by atoms with Gasteiger partial charge in [-0.1, -0.05) is 18.2 Å². The minimum absolute atomic E-state index is 0.00366. The van der Waals surface area contributed by atoms with Crippen molar-refractivity contribution < 1.29 is 9.90 Å². The number of hydrogen-bond donors (Lipinski definition) is 2. The number of aromatic amines is 1. The Labute approximate surface area is 145 Å². The molecule has 2 atom stereocenters. The molecule has 5 heteroatoms. The molecule has 0 bridgehead atoms. The molecule has 0 saturated carbocycles. The van der Waals surface area contributed by atoms with E-state index in [2.05, 4.69) is 28.2 Å². The SMILES string of the molecule is CC(O)c1cncc2c1CC1c3[nH]c4ccccc4c3CCN1C2=O. The average molecular weight is 333 g/mol. The molecule has 126 valence electrons. The molecule has 4 heterocycles. The number of rotatable bonds is 1. The number of fused-ring (bicyclic) bond motifs is 6. The summed E-state index contributed by atoms with van der Waals surface area (Å²) in [4.78, 5) is 22.7. The summed E-state index contributed by atoms with van der Waals surface area (Å²) in [7, 11) is 0. The Morgan fingerprint density at radius 3 is 2.96 bits per heavy atom. The summed E-state index contributed by atoms with van der Waals surface area (Å²) in [6.45, 7) is 2.44. The summed E-state index contributed by atoms with van der Waals surface area (Å²) in [6.07, 6.45) is 4.26. The second-order valence-corrected chi connectivity index (χ2v) is 6.96. The van der Waals surface area contributed by atoms with Gasteiger partial charge in [-0.25, -0.2) is 0 Å². The number of aromatic nitrogens is 2. The highest BCUT2D eigenvalue weighted by Crippen LogP contribution is 2.41. The van der Waals surface area contributed by atoms with Crippen molar-refractivity contribution in [3.63, 3.8) is 0 Å². The molecule has 5 rings (SSSR count). The van der Waals surface area contributed by atoms with E-state index in [-0.39, 0.29) is 11.9 Å². The highest BCUT2D eigenvalue weighted by molar-refractivity contribution is 5.98. The predicted octanol–water partition coefficient (Wildman–Crippen LogP) is 2.91. The maximum atomic E-state index is 13.0. The van der Waals surface area contributed by atoms with Crippen molar-refractivity contribution in [1.82, 2.24) is 14.9 Å². The molecule has 1 aromatic carbocycles. The van der Waals surface area contributed by atoms with Crippen LogP contribution in [0, 0.1) is 0 Å². The first-order valence-corrected chi connectivity index (χ1v) is 8.70. The number of nitrogens with one attached hydrogen (secondary N) is 1. The third kappa shape index (κ3) is 1.99. The first kappa shape index (κ1) is 14.7. The molecule has 0 aliphatic carbocycles. The summed E-state index contributed by atoms with van der Waals surface area (Å²) in [6, 6.07) is 8.31. The van der Waals surface area contributed by atoms with Crippen molar-refractivity contribution >= 4 is 16.8 Å². The molecule has 2 N–H and O–H groups in total. The van der Waals surface area contributed by atoms with Gasteiger partial charge in [-0.05, 0) is 37.0 Å². The molecule has 2 aromatic heterocycles. The van der Waals surface area contributed by atoms with Crippen LogP contribution >= 0.6 is 0 Å². The average Bonchev–Trinajstić information content (AvgIpc) is 3.00. The van der Waals surface area contributed by atoms with Crippen LogP contribution in [-0.2, 0) is 12.8 Å². The van der Waals surface area contributed by atoms with E-state index in [9.17, 15) is 9.90 Å². The van der Waals surface area contributed by atoms with Crippen LogP contribution in [0.3, 0.4) is 0 Å². The molecule has 1 amide bonds. The third-order valence-corrected chi connectivity index (χ3v) is 5.59. The Morgan fingerprint density at radius 1 is 1.28 bits per heavy atom. The van der Waals surface area contributed by atoms with Crippen molar-refractivity contribution in [2.75, 3.05) is 6.54 Å². The number of benzene rings is 1. The van der Waals surface area contributed by atoms with Gasteiger partial charge in [0.05, 0.1) is 17.7 Å². The zero-order valence-corrected chi connectivity index (χ0v) is 14.0. The molecule has 0 fully saturated rings. The van der Waals surface area contributed by atoms with Gasteiger partial charge in [0.15, 0.2) is 0 Å². The van der Waals surface area contributed by atoms with Crippen molar-refractivity contribution in [3.8, 4) is 0 Å². The van der Waals surface area contributed by atoms with Crippen LogP contribution in [0.1, 0.15) is 51.8 Å². The highest BCUT2D eigenvalue weighted by Gasteiger charge is 2.39. The van der Waals surface area contributed by atoms with Gasteiger partial charge in [0.25, 0.3) is 5.91 Å². The first-order chi connectivity index (χ1) is 12.1. The zero-order chi connectivity index (χ0) is 17.1. The number of H-pyrrole nitrogens is 1. The minimum Gasteiger partial charge on any atom is -0.389 e. The Morgan fingerprint density at radius 2 is 2.12 bits per heavy atom. The Kier molecular flexibility index (Phi) is 3.03. The van der Waals surface area contributed by atoms with Gasteiger partial charge in [0.1, 0.15) is 0 Å². The predicted molar refractivity (Wildman–Crippen MR) is 94.4 cm³/mol. The van der Waals surface area contributed by atoms with Gasteiger partial charge >= 0.3 is 0 Å². The van der Waals surface area contributed by atoms with Crippen LogP contribution in [0.4, 0.5) is 0 Å². The van der Waals surface area contributed by atoms with Gasteiger partial charge in [-0.2, -0.15) is 0 Å². The molecular weight excluding hydrogens is 314 g/mol. The number of pyridine rings is 1. The van der Waals surface area contributed by atoms with E-state index in [1.54, 1.807) is 19.3 Å². The lowest BCUT2D eigenvalue weighted by Crippen LogP contribution is -2.44. The summed E-state index contributed by atoms with van der Waals surface area (Å²) in [5.74, 6) is 0.0190. The van der Waals surface area contributed by atoms with Gasteiger partial charge in [-0.15, -0.1) is 0 Å². The van der Waals surface area contributed by atoms with Crippen molar-refractivity contribution in [1.29, 1.82) is 0 Å². The van der Waals surface area contributed by atoms with Crippen LogP contribution in [-0.4, -0.2) is 32.4 Å². The van der Waals surface area contributed by atoms with Crippen LogP contribution < -0.4 is 0 Å². The Hall–Kier alpha value is -2.66. The number of amides is 1. The maximum Gasteiger partial charge on any atom is 0.256 e. The fourth-order valence-electron chi connectivity index (χ4n) is 4.40. The fraction of sp³-hybridized carbons (Fsp3) is 0.300. The van der Waals surface area contributed by atoms with E-state index in [4.69, 9.17) is 0 Å². The summed E-state index contributed by atoms with van der Waals surface area (Å²) < 4.78 is 0. The maximum absolute atomic E-state index is 13.0. The molecule has 2 aliphatic rings. The number of carbonyl (C=O) groups excluding carboxylic acids is 1. The summed E-state index contributed by atoms with van der Waals surface area (Å²) in [5.41, 5.74) is 5.91. The van der Waals surface area contributed by atoms with Crippen LogP contribution in [0.25, 0.3) is 10.9 Å². The quantitative estimate of drug-likeness (QED) is 0.719. The van der Waals surface area contributed by atoms with E-state index in [0.29, 0.717) is 12.0 Å². The van der Waals surface area contributed by atoms with Gasteiger partial charge in [0, 0.05) is 41.1 Å². The van der Waals surface area contributed by atoms with Crippen LogP contribution in [0.15, 0.2) is 36.7 Å². The van der Waals surface area contributed by atoms with Crippen molar-refractivity contribution in [2.24, 2.45) is 0 Å². The summed E-state index contributed by atoms with van der Waals surface area (Å²) in [5, 5.41) is 11.3. The van der Waals surface area contributed by atoms with Crippen molar-refractivity contribution in [3.05, 3.63) is 64.6 Å². The molecule has 25 heavy (non-hydrogen) atoms. The molecule has 0 radical (unpaired) electrons. The lowest BCUT2D eigenvalue weighted by atomic mass is 9.85. The van der Waals surface area contributed by atoms with E-state index in [0.717, 1.165) is 35.3 Å².